The number of aryl methyl sites for hydroxylation is 2. The predicted octanol–water partition coefficient (Wildman–Crippen LogP) is -0.474. The number of carbonyl (C=O) groups is 1. The van der Waals surface area contributed by atoms with Crippen molar-refractivity contribution in [1.29, 1.82) is 0 Å². The molecule has 23 heavy (non-hydrogen) atoms. The van der Waals surface area contributed by atoms with Gasteiger partial charge in [0.2, 0.25) is 15.9 Å². The molecular weight excluding hydrogens is 318 g/mol. The number of hydrogen-bond donors (Lipinski definition) is 2. The highest BCUT2D eigenvalue weighted by molar-refractivity contribution is 7.89. The molecule has 1 unspecified atom stereocenters. The lowest BCUT2D eigenvalue weighted by atomic mass is 10.3. The number of amides is 1. The van der Waals surface area contributed by atoms with Crippen LogP contribution in [0.5, 0.6) is 0 Å². The van der Waals surface area contributed by atoms with Crippen LogP contribution in [0.2, 0.25) is 0 Å². The number of hydrogen-bond acceptors (Lipinski definition) is 5. The minimum atomic E-state index is -3.79. The molecule has 0 bridgehead atoms. The van der Waals surface area contributed by atoms with Crippen LogP contribution in [0.15, 0.2) is 4.90 Å². The minimum absolute atomic E-state index is 0.150. The number of nitrogens with zero attached hydrogens (tertiary/aromatic N) is 3. The normalized spacial score (nSPS) is 17.8. The third-order valence-corrected chi connectivity index (χ3v) is 5.86. The van der Waals surface area contributed by atoms with Crippen LogP contribution < -0.4 is 10.0 Å². The molecule has 2 heterocycles. The fraction of sp³-hybridized carbons (Fsp3) is 0.714. The van der Waals surface area contributed by atoms with E-state index in [-0.39, 0.29) is 10.8 Å². The Morgan fingerprint density at radius 1 is 1.30 bits per heavy atom. The average Bonchev–Trinajstić information content (AvgIpc) is 2.67. The average molecular weight is 343 g/mol. The topological polar surface area (TPSA) is 96.3 Å². The second-order valence-electron chi connectivity index (χ2n) is 5.90. The molecule has 0 saturated carbocycles. The van der Waals surface area contributed by atoms with Gasteiger partial charge in [0.25, 0.3) is 0 Å². The SMILES string of the molecule is Cc1nn(C)c(C)c1S(=O)(=O)NC(C)C(=O)N1CCCNCC1. The van der Waals surface area contributed by atoms with Crippen molar-refractivity contribution < 1.29 is 13.2 Å². The van der Waals surface area contributed by atoms with Crippen LogP contribution in [0.3, 0.4) is 0 Å². The van der Waals surface area contributed by atoms with E-state index in [4.69, 9.17) is 0 Å². The van der Waals surface area contributed by atoms with Gasteiger partial charge in [0, 0.05) is 26.7 Å². The molecule has 1 aromatic heterocycles. The molecule has 8 nitrogen and oxygen atoms in total. The summed E-state index contributed by atoms with van der Waals surface area (Å²) < 4.78 is 29.2. The summed E-state index contributed by atoms with van der Waals surface area (Å²) in [6.07, 6.45) is 0.867. The molecule has 2 N–H and O–H groups in total. The van der Waals surface area contributed by atoms with E-state index in [0.717, 1.165) is 19.5 Å². The highest BCUT2D eigenvalue weighted by atomic mass is 32.2. The first-order valence-electron chi connectivity index (χ1n) is 7.76. The number of rotatable bonds is 4. The van der Waals surface area contributed by atoms with Crippen molar-refractivity contribution in [2.75, 3.05) is 26.2 Å². The highest BCUT2D eigenvalue weighted by Crippen LogP contribution is 2.18. The predicted molar refractivity (Wildman–Crippen MR) is 86.5 cm³/mol. The zero-order valence-electron chi connectivity index (χ0n) is 14.1. The van der Waals surface area contributed by atoms with Gasteiger partial charge in [-0.3, -0.25) is 9.48 Å². The molecule has 0 spiro atoms. The third-order valence-electron chi connectivity index (χ3n) is 4.07. The van der Waals surface area contributed by atoms with Gasteiger partial charge in [-0.05, 0) is 33.7 Å². The van der Waals surface area contributed by atoms with Crippen molar-refractivity contribution in [3.8, 4) is 0 Å². The van der Waals surface area contributed by atoms with Gasteiger partial charge in [-0.1, -0.05) is 0 Å². The number of aromatic nitrogens is 2. The first kappa shape index (κ1) is 17.9. The van der Waals surface area contributed by atoms with Crippen LogP contribution in [0.25, 0.3) is 0 Å². The molecule has 2 rings (SSSR count). The highest BCUT2D eigenvalue weighted by Gasteiger charge is 2.29. The van der Waals surface area contributed by atoms with E-state index >= 15 is 0 Å². The van der Waals surface area contributed by atoms with Gasteiger partial charge in [-0.2, -0.15) is 9.82 Å². The van der Waals surface area contributed by atoms with Crippen molar-refractivity contribution in [3.05, 3.63) is 11.4 Å². The zero-order chi connectivity index (χ0) is 17.2. The lowest BCUT2D eigenvalue weighted by Crippen LogP contribution is -2.48. The van der Waals surface area contributed by atoms with Gasteiger partial charge in [0.15, 0.2) is 0 Å². The van der Waals surface area contributed by atoms with E-state index < -0.39 is 16.1 Å². The quantitative estimate of drug-likeness (QED) is 0.770. The second kappa shape index (κ2) is 6.98. The molecule has 1 aliphatic heterocycles. The van der Waals surface area contributed by atoms with Crippen molar-refractivity contribution in [3.63, 3.8) is 0 Å². The molecular formula is C14H25N5O3S. The molecule has 0 aliphatic carbocycles. The van der Waals surface area contributed by atoms with Crippen molar-refractivity contribution in [2.24, 2.45) is 7.05 Å². The van der Waals surface area contributed by atoms with Crippen molar-refractivity contribution >= 4 is 15.9 Å². The second-order valence-corrected chi connectivity index (χ2v) is 7.55. The van der Waals surface area contributed by atoms with Crippen molar-refractivity contribution in [1.82, 2.24) is 24.7 Å². The molecule has 1 fully saturated rings. The Balaban J connectivity index is 2.14. The van der Waals surface area contributed by atoms with Gasteiger partial charge in [-0.15, -0.1) is 0 Å². The van der Waals surface area contributed by atoms with Crippen LogP contribution in [0.1, 0.15) is 24.7 Å². The molecule has 1 amide bonds. The first-order chi connectivity index (χ1) is 10.7. The standard InChI is InChI=1S/C14H25N5O3S/c1-10-13(12(3)18(4)16-10)23(21,22)17-11(2)14(20)19-8-5-6-15-7-9-19/h11,15,17H,5-9H2,1-4H3. The van der Waals surface area contributed by atoms with Gasteiger partial charge >= 0.3 is 0 Å². The molecule has 1 aromatic rings. The van der Waals surface area contributed by atoms with Crippen molar-refractivity contribution in [2.45, 2.75) is 38.1 Å². The van der Waals surface area contributed by atoms with Crippen LogP contribution >= 0.6 is 0 Å². The summed E-state index contributed by atoms with van der Waals surface area (Å²) in [7, 11) is -2.09. The van der Waals surface area contributed by atoms with Crippen LogP contribution in [-0.2, 0) is 21.9 Å². The third kappa shape index (κ3) is 3.91. The summed E-state index contributed by atoms with van der Waals surface area (Å²) in [5.74, 6) is -0.198. The van der Waals surface area contributed by atoms with Crippen LogP contribution in [0, 0.1) is 13.8 Å². The maximum Gasteiger partial charge on any atom is 0.244 e. The summed E-state index contributed by atoms with van der Waals surface area (Å²) in [5, 5.41) is 7.34. The van der Waals surface area contributed by atoms with E-state index in [9.17, 15) is 13.2 Å². The van der Waals surface area contributed by atoms with E-state index in [0.29, 0.717) is 24.5 Å². The van der Waals surface area contributed by atoms with E-state index in [1.807, 2.05) is 0 Å². The molecule has 130 valence electrons. The van der Waals surface area contributed by atoms with Gasteiger partial charge in [-0.25, -0.2) is 8.42 Å². The maximum atomic E-state index is 12.6. The Morgan fingerprint density at radius 3 is 2.61 bits per heavy atom. The largest absolute Gasteiger partial charge is 0.340 e. The monoisotopic (exact) mass is 343 g/mol. The fourth-order valence-corrected chi connectivity index (χ4v) is 4.46. The summed E-state index contributed by atoms with van der Waals surface area (Å²) in [4.78, 5) is 14.3. The van der Waals surface area contributed by atoms with Crippen LogP contribution in [-0.4, -0.2) is 61.2 Å². The molecule has 0 aromatic carbocycles. The molecule has 1 saturated heterocycles. The maximum absolute atomic E-state index is 12.6. The Kier molecular flexibility index (Phi) is 5.43. The van der Waals surface area contributed by atoms with Gasteiger partial charge in [0.1, 0.15) is 4.90 Å². The Bertz CT molecular complexity index is 675. The summed E-state index contributed by atoms with van der Waals surface area (Å²) in [5.41, 5.74) is 0.977. The zero-order valence-corrected chi connectivity index (χ0v) is 14.9. The molecule has 0 radical (unpaired) electrons. The molecule has 9 heteroatoms. The Hall–Kier alpha value is -1.45. The summed E-state index contributed by atoms with van der Waals surface area (Å²) in [6.45, 7) is 7.76. The van der Waals surface area contributed by atoms with Gasteiger partial charge < -0.3 is 10.2 Å². The van der Waals surface area contributed by atoms with E-state index in [1.54, 1.807) is 32.7 Å². The number of sulfonamides is 1. The molecule has 1 aliphatic rings. The lowest BCUT2D eigenvalue weighted by molar-refractivity contribution is -0.132. The van der Waals surface area contributed by atoms with Gasteiger partial charge in [0.05, 0.1) is 17.4 Å². The first-order valence-corrected chi connectivity index (χ1v) is 9.24. The number of nitrogens with one attached hydrogen (secondary N) is 2. The van der Waals surface area contributed by atoms with E-state index in [1.165, 1.54) is 4.68 Å². The number of carbonyl (C=O) groups excluding carboxylic acids is 1. The summed E-state index contributed by atoms with van der Waals surface area (Å²) >= 11 is 0. The van der Waals surface area contributed by atoms with E-state index in [2.05, 4.69) is 15.1 Å². The van der Waals surface area contributed by atoms with Crippen LogP contribution in [0.4, 0.5) is 0 Å². The Labute approximate surface area is 137 Å². The molecule has 1 atom stereocenters. The minimum Gasteiger partial charge on any atom is -0.340 e. The lowest BCUT2D eigenvalue weighted by Gasteiger charge is -2.24. The fourth-order valence-electron chi connectivity index (χ4n) is 2.83. The smallest absolute Gasteiger partial charge is 0.244 e. The summed E-state index contributed by atoms with van der Waals surface area (Å²) in [6, 6.07) is -0.808. The Morgan fingerprint density at radius 2 is 2.00 bits per heavy atom.